The highest BCUT2D eigenvalue weighted by atomic mass is 35.5. The summed E-state index contributed by atoms with van der Waals surface area (Å²) in [7, 11) is 0. The third-order valence-corrected chi connectivity index (χ3v) is 11.7. The molecule has 0 saturated heterocycles. The highest BCUT2D eigenvalue weighted by Crippen LogP contribution is 2.66. The molecule has 234 valence electrons. The number of nitrogens with zero attached hydrogens (tertiary/aromatic N) is 1. The molecule has 0 aromatic heterocycles. The Labute approximate surface area is 265 Å². The lowest BCUT2D eigenvalue weighted by atomic mass is 9.48. The van der Waals surface area contributed by atoms with Gasteiger partial charge >= 0.3 is 5.97 Å². The fourth-order valence-electron chi connectivity index (χ4n) is 8.80. The summed E-state index contributed by atoms with van der Waals surface area (Å²) in [5, 5.41) is 11.9. The predicted molar refractivity (Wildman–Crippen MR) is 171 cm³/mol. The number of fused-ring (bicyclic) bond motifs is 5. The van der Waals surface area contributed by atoms with Crippen molar-refractivity contribution in [2.75, 3.05) is 36.4 Å². The first-order valence-corrected chi connectivity index (χ1v) is 16.9. The van der Waals surface area contributed by atoms with Crippen molar-refractivity contribution in [3.8, 4) is 0 Å². The number of carbonyl (C=O) groups excluding carboxylic acids is 3. The molecule has 0 unspecified atom stereocenters. The second kappa shape index (κ2) is 13.1. The van der Waals surface area contributed by atoms with Gasteiger partial charge in [0, 0.05) is 54.2 Å². The van der Waals surface area contributed by atoms with E-state index in [2.05, 4.69) is 43.0 Å². The summed E-state index contributed by atoms with van der Waals surface area (Å²) in [6.07, 6.45) is 11.9. The quantitative estimate of drug-likeness (QED) is 0.163. The van der Waals surface area contributed by atoms with Crippen molar-refractivity contribution >= 4 is 46.4 Å². The zero-order chi connectivity index (χ0) is 30.8. The van der Waals surface area contributed by atoms with Crippen LogP contribution >= 0.6 is 23.2 Å². The van der Waals surface area contributed by atoms with Crippen LogP contribution < -0.4 is 4.90 Å². The molecule has 1 aromatic carbocycles. The maximum atomic E-state index is 13.5. The Hall–Kier alpha value is -2.15. The van der Waals surface area contributed by atoms with E-state index in [-0.39, 0.29) is 35.9 Å². The molecule has 0 radical (unpaired) electrons. The number of esters is 1. The first-order valence-electron chi connectivity index (χ1n) is 15.8. The zero-order valence-corrected chi connectivity index (χ0v) is 27.0. The van der Waals surface area contributed by atoms with E-state index < -0.39 is 17.0 Å². The van der Waals surface area contributed by atoms with Gasteiger partial charge in [-0.3, -0.25) is 14.4 Å². The van der Waals surface area contributed by atoms with Gasteiger partial charge in [-0.05, 0) is 86.5 Å². The number of hydrogen-bond acceptors (Lipinski definition) is 6. The van der Waals surface area contributed by atoms with Crippen molar-refractivity contribution in [2.24, 2.45) is 28.6 Å². The van der Waals surface area contributed by atoms with E-state index >= 15 is 0 Å². The number of carbonyl (C=O) groups is 3. The fraction of sp³-hybridized carbons (Fsp3) is 0.629. The molecule has 0 heterocycles. The number of alkyl halides is 2. The van der Waals surface area contributed by atoms with Crippen molar-refractivity contribution in [3.05, 3.63) is 53.6 Å². The molecule has 1 N–H and O–H groups in total. The van der Waals surface area contributed by atoms with E-state index in [1.807, 2.05) is 12.1 Å². The minimum absolute atomic E-state index is 0.130. The normalized spacial score (nSPS) is 32.8. The highest BCUT2D eigenvalue weighted by molar-refractivity contribution is 6.18. The first kappa shape index (κ1) is 32.2. The van der Waals surface area contributed by atoms with Gasteiger partial charge in [0.15, 0.2) is 12.4 Å². The minimum Gasteiger partial charge on any atom is -0.458 e. The summed E-state index contributed by atoms with van der Waals surface area (Å²) in [6.45, 7) is 5.39. The fourth-order valence-corrected chi connectivity index (χ4v) is 9.21. The molecule has 43 heavy (non-hydrogen) atoms. The van der Waals surface area contributed by atoms with Gasteiger partial charge in [0.25, 0.3) is 0 Å². The van der Waals surface area contributed by atoms with Crippen LogP contribution in [0.1, 0.15) is 70.8 Å². The molecule has 0 aliphatic heterocycles. The molecule has 6 nitrogen and oxygen atoms in total. The molecule has 0 spiro atoms. The van der Waals surface area contributed by atoms with Crippen LogP contribution in [-0.4, -0.2) is 59.7 Å². The molecule has 5 rings (SSSR count). The Morgan fingerprint density at radius 3 is 2.44 bits per heavy atom. The van der Waals surface area contributed by atoms with Crippen LogP contribution in [0.5, 0.6) is 0 Å². The van der Waals surface area contributed by atoms with Crippen LogP contribution in [0.2, 0.25) is 0 Å². The van der Waals surface area contributed by atoms with Crippen LogP contribution in [0.25, 0.3) is 0 Å². The van der Waals surface area contributed by atoms with Crippen LogP contribution in [0.4, 0.5) is 5.69 Å². The van der Waals surface area contributed by atoms with Gasteiger partial charge in [0.2, 0.25) is 5.78 Å². The number of aryl methyl sites for hydroxylation is 1. The van der Waals surface area contributed by atoms with Crippen molar-refractivity contribution < 1.29 is 24.2 Å². The Morgan fingerprint density at radius 2 is 1.74 bits per heavy atom. The Kier molecular flexibility index (Phi) is 9.80. The SMILES string of the molecule is C[C@@]12C=CC(=O)CC1=CC[C@H]1[C@H]2CC[C@]2(C)[C@@H]1CC[C@@]2(O)C(=O)COC(=O)CCCc1ccc(N(CCCl)CCCl)cc1. The first-order chi connectivity index (χ1) is 20.6. The minimum atomic E-state index is -1.49. The monoisotopic (exact) mass is 629 g/mol. The van der Waals surface area contributed by atoms with Gasteiger partial charge in [-0.25, -0.2) is 0 Å². The Bertz CT molecular complexity index is 1270. The van der Waals surface area contributed by atoms with Crippen molar-refractivity contribution in [1.29, 1.82) is 0 Å². The van der Waals surface area contributed by atoms with E-state index in [1.165, 1.54) is 5.57 Å². The number of ether oxygens (including phenoxy) is 1. The number of anilines is 1. The lowest BCUT2D eigenvalue weighted by Gasteiger charge is -2.57. The topological polar surface area (TPSA) is 83.9 Å². The van der Waals surface area contributed by atoms with E-state index in [4.69, 9.17) is 27.9 Å². The summed E-state index contributed by atoms with van der Waals surface area (Å²) in [5.74, 6) is 1.40. The number of halogens is 2. The average Bonchev–Trinajstić information content (AvgIpc) is 3.28. The average molecular weight is 631 g/mol. The van der Waals surface area contributed by atoms with E-state index in [1.54, 1.807) is 6.08 Å². The molecule has 4 aliphatic rings. The van der Waals surface area contributed by atoms with Crippen LogP contribution in [-0.2, 0) is 25.5 Å². The molecule has 4 aliphatic carbocycles. The van der Waals surface area contributed by atoms with Crippen LogP contribution in [0, 0.1) is 28.6 Å². The summed E-state index contributed by atoms with van der Waals surface area (Å²) in [4.78, 5) is 40.3. The summed E-state index contributed by atoms with van der Waals surface area (Å²) in [5.41, 5.74) is 1.24. The van der Waals surface area contributed by atoms with Crippen molar-refractivity contribution in [2.45, 2.75) is 77.2 Å². The standard InChI is InChI=1S/C35H45Cl2NO5/c1-33-15-12-27(39)22-25(33)8-11-28-29(33)13-16-34(2)30(28)14-17-35(34,42)31(40)23-43-32(41)5-3-4-24-6-9-26(10-7-24)38(20-18-36)21-19-37/h6-10,12,15,28-30,42H,3-5,11,13-14,16-23H2,1-2H3/t28-,29+,30+,33+,34+,35+/m0/s1. The van der Waals surface area contributed by atoms with Gasteiger partial charge < -0.3 is 14.7 Å². The van der Waals surface area contributed by atoms with Crippen LogP contribution in [0.3, 0.4) is 0 Å². The van der Waals surface area contributed by atoms with Crippen LogP contribution in [0.15, 0.2) is 48.1 Å². The molecule has 6 atom stereocenters. The number of rotatable bonds is 12. The second-order valence-electron chi connectivity index (χ2n) is 13.4. The lowest BCUT2D eigenvalue weighted by Crippen LogP contribution is -2.57. The molecule has 2 saturated carbocycles. The summed E-state index contributed by atoms with van der Waals surface area (Å²) < 4.78 is 5.42. The number of allylic oxidation sites excluding steroid dienone is 4. The van der Waals surface area contributed by atoms with Crippen molar-refractivity contribution in [3.63, 3.8) is 0 Å². The van der Waals surface area contributed by atoms with E-state index in [0.29, 0.717) is 42.9 Å². The number of Topliss-reactive ketones (excluding diaryl/α,β-unsaturated/α-hetero) is 1. The third-order valence-electron chi connectivity index (χ3n) is 11.3. The number of benzene rings is 1. The van der Waals surface area contributed by atoms with Crippen molar-refractivity contribution in [1.82, 2.24) is 0 Å². The van der Waals surface area contributed by atoms with E-state index in [9.17, 15) is 19.5 Å². The predicted octanol–water partition coefficient (Wildman–Crippen LogP) is 6.44. The maximum absolute atomic E-state index is 13.5. The zero-order valence-electron chi connectivity index (χ0n) is 25.5. The third kappa shape index (κ3) is 6.09. The molecule has 2 fully saturated rings. The number of ketones is 2. The number of aliphatic hydroxyl groups is 1. The maximum Gasteiger partial charge on any atom is 0.306 e. The molecule has 0 bridgehead atoms. The van der Waals surface area contributed by atoms with E-state index in [0.717, 1.165) is 56.4 Å². The number of hydrogen-bond donors (Lipinski definition) is 1. The largest absolute Gasteiger partial charge is 0.458 e. The lowest BCUT2D eigenvalue weighted by molar-refractivity contribution is -0.168. The Balaban J connectivity index is 1.13. The van der Waals surface area contributed by atoms with Gasteiger partial charge in [0.1, 0.15) is 5.60 Å². The van der Waals surface area contributed by atoms with Gasteiger partial charge in [-0.1, -0.05) is 43.7 Å². The molecule has 8 heteroatoms. The summed E-state index contributed by atoms with van der Waals surface area (Å²) in [6, 6.07) is 8.19. The second-order valence-corrected chi connectivity index (χ2v) is 14.2. The molecule has 0 amide bonds. The molecular weight excluding hydrogens is 585 g/mol. The summed E-state index contributed by atoms with van der Waals surface area (Å²) >= 11 is 11.8. The smallest absolute Gasteiger partial charge is 0.306 e. The Morgan fingerprint density at radius 1 is 1.05 bits per heavy atom. The van der Waals surface area contributed by atoms with Gasteiger partial charge in [-0.2, -0.15) is 0 Å². The molecule has 1 aromatic rings. The van der Waals surface area contributed by atoms with Gasteiger partial charge in [0.05, 0.1) is 0 Å². The molecular formula is C35H45Cl2NO5. The van der Waals surface area contributed by atoms with Gasteiger partial charge in [-0.15, -0.1) is 23.2 Å². The highest BCUT2D eigenvalue weighted by Gasteiger charge is 2.65.